The van der Waals surface area contributed by atoms with Crippen molar-refractivity contribution in [1.82, 2.24) is 4.98 Å². The predicted molar refractivity (Wildman–Crippen MR) is 135 cm³/mol. The first-order chi connectivity index (χ1) is 17.3. The van der Waals surface area contributed by atoms with Crippen molar-refractivity contribution in [3.8, 4) is 11.5 Å². The third-order valence-corrected chi connectivity index (χ3v) is 7.03. The molecule has 1 aliphatic rings. The second-order valence-corrected chi connectivity index (χ2v) is 9.27. The van der Waals surface area contributed by atoms with Crippen LogP contribution in [0.25, 0.3) is 16.0 Å². The molecule has 1 amide bonds. The molecule has 0 bridgehead atoms. The number of aromatic nitrogens is 1. The van der Waals surface area contributed by atoms with Crippen LogP contribution in [0, 0.1) is 12.7 Å². The van der Waals surface area contributed by atoms with E-state index < -0.39 is 29.3 Å². The minimum Gasteiger partial charge on any atom is -0.507 e. The van der Waals surface area contributed by atoms with E-state index in [0.717, 1.165) is 16.3 Å². The molecule has 4 aromatic rings. The average Bonchev–Trinajstić information content (AvgIpc) is 3.41. The summed E-state index contributed by atoms with van der Waals surface area (Å²) >= 11 is 1.26. The Morgan fingerprint density at radius 1 is 1.06 bits per heavy atom. The van der Waals surface area contributed by atoms with E-state index in [0.29, 0.717) is 22.0 Å². The van der Waals surface area contributed by atoms with Gasteiger partial charge in [-0.2, -0.15) is 0 Å². The first kappa shape index (κ1) is 23.5. The van der Waals surface area contributed by atoms with Crippen molar-refractivity contribution in [2.24, 2.45) is 0 Å². The molecule has 1 saturated heterocycles. The van der Waals surface area contributed by atoms with Gasteiger partial charge in [0, 0.05) is 0 Å². The second-order valence-electron chi connectivity index (χ2n) is 8.26. The van der Waals surface area contributed by atoms with E-state index in [9.17, 15) is 19.1 Å². The van der Waals surface area contributed by atoms with Crippen LogP contribution in [0.2, 0.25) is 0 Å². The lowest BCUT2D eigenvalue weighted by molar-refractivity contribution is -0.132. The van der Waals surface area contributed by atoms with Crippen LogP contribution in [0.1, 0.15) is 22.7 Å². The maximum Gasteiger partial charge on any atom is 0.301 e. The normalized spacial score (nSPS) is 17.1. The summed E-state index contributed by atoms with van der Waals surface area (Å²) in [5.41, 5.74) is 1.98. The van der Waals surface area contributed by atoms with Crippen molar-refractivity contribution in [3.05, 3.63) is 88.7 Å². The Kier molecular flexibility index (Phi) is 5.93. The van der Waals surface area contributed by atoms with Gasteiger partial charge in [-0.3, -0.25) is 14.5 Å². The number of carbonyl (C=O) groups excluding carboxylic acids is 2. The van der Waals surface area contributed by atoms with Gasteiger partial charge >= 0.3 is 5.91 Å². The quantitative estimate of drug-likeness (QED) is 0.223. The number of fused-ring (bicyclic) bond motifs is 1. The molecule has 2 heterocycles. The summed E-state index contributed by atoms with van der Waals surface area (Å²) in [7, 11) is 2.87. The summed E-state index contributed by atoms with van der Waals surface area (Å²) in [4.78, 5) is 32.7. The van der Waals surface area contributed by atoms with E-state index >= 15 is 0 Å². The fraction of sp³-hybridized carbons (Fsp3) is 0.148. The lowest BCUT2D eigenvalue weighted by Crippen LogP contribution is -2.29. The number of thiazole rings is 1. The molecule has 7 nitrogen and oxygen atoms in total. The van der Waals surface area contributed by atoms with Crippen molar-refractivity contribution in [1.29, 1.82) is 0 Å². The fourth-order valence-electron chi connectivity index (χ4n) is 4.29. The summed E-state index contributed by atoms with van der Waals surface area (Å²) in [6.45, 7) is 1.95. The molecule has 1 N–H and O–H groups in total. The van der Waals surface area contributed by atoms with Crippen LogP contribution in [0.3, 0.4) is 0 Å². The standard InChI is InChI=1S/C27H21FN2O5S/c1-14-7-9-19-21(11-14)36-27(29-19)30-23(15-5-4-6-17(12-15)34-2)22(25(32)26(30)33)24(31)18-13-16(28)8-10-20(18)35-3/h4-13,23,31H,1-3H3/b24-22+. The predicted octanol–water partition coefficient (Wildman–Crippen LogP) is 5.39. The molecule has 0 aliphatic carbocycles. The van der Waals surface area contributed by atoms with Crippen molar-refractivity contribution in [2.45, 2.75) is 13.0 Å². The maximum absolute atomic E-state index is 14.1. The number of hydrogen-bond acceptors (Lipinski definition) is 7. The van der Waals surface area contributed by atoms with Crippen LogP contribution in [0.5, 0.6) is 11.5 Å². The zero-order valence-electron chi connectivity index (χ0n) is 19.6. The number of amides is 1. The van der Waals surface area contributed by atoms with Crippen LogP contribution in [-0.2, 0) is 9.59 Å². The number of halogens is 1. The highest BCUT2D eigenvalue weighted by atomic mass is 32.1. The van der Waals surface area contributed by atoms with Crippen molar-refractivity contribution >= 4 is 44.1 Å². The Bertz CT molecular complexity index is 1560. The number of methoxy groups -OCH3 is 2. The van der Waals surface area contributed by atoms with E-state index in [4.69, 9.17) is 9.47 Å². The second kappa shape index (κ2) is 9.09. The summed E-state index contributed by atoms with van der Waals surface area (Å²) in [5.74, 6) is -2.29. The number of Topliss-reactive ketones (excluding diaryl/α,β-unsaturated/α-hetero) is 1. The van der Waals surface area contributed by atoms with E-state index in [-0.39, 0.29) is 16.9 Å². The first-order valence-electron chi connectivity index (χ1n) is 11.0. The van der Waals surface area contributed by atoms with Crippen LogP contribution in [0.4, 0.5) is 9.52 Å². The molecule has 0 spiro atoms. The lowest BCUT2D eigenvalue weighted by atomic mass is 9.95. The third-order valence-electron chi connectivity index (χ3n) is 6.01. The van der Waals surface area contributed by atoms with Gasteiger partial charge in [-0.05, 0) is 60.5 Å². The van der Waals surface area contributed by atoms with Gasteiger partial charge in [0.2, 0.25) is 0 Å². The molecule has 3 aromatic carbocycles. The number of rotatable bonds is 5. The summed E-state index contributed by atoms with van der Waals surface area (Å²) in [6, 6.07) is 15.1. The average molecular weight is 505 g/mol. The highest BCUT2D eigenvalue weighted by molar-refractivity contribution is 7.22. The summed E-state index contributed by atoms with van der Waals surface area (Å²) < 4.78 is 25.6. The monoisotopic (exact) mass is 504 g/mol. The van der Waals surface area contributed by atoms with Crippen LogP contribution >= 0.6 is 11.3 Å². The molecule has 1 aromatic heterocycles. The van der Waals surface area contributed by atoms with Gasteiger partial charge in [-0.15, -0.1) is 0 Å². The van der Waals surface area contributed by atoms with Crippen LogP contribution in [-0.4, -0.2) is 36.0 Å². The molecule has 36 heavy (non-hydrogen) atoms. The largest absolute Gasteiger partial charge is 0.507 e. The number of aliphatic hydroxyl groups is 1. The van der Waals surface area contributed by atoms with E-state index in [1.165, 1.54) is 42.6 Å². The molecule has 0 saturated carbocycles. The molecule has 5 rings (SSSR count). The summed E-state index contributed by atoms with van der Waals surface area (Å²) in [6.07, 6.45) is 0. The minimum absolute atomic E-state index is 0.0386. The highest BCUT2D eigenvalue weighted by Crippen LogP contribution is 2.45. The van der Waals surface area contributed by atoms with Crippen molar-refractivity contribution in [2.75, 3.05) is 19.1 Å². The number of ketones is 1. The number of carbonyl (C=O) groups is 2. The Balaban J connectivity index is 1.77. The van der Waals surface area contributed by atoms with Crippen LogP contribution in [0.15, 0.2) is 66.2 Å². The Labute approximate surface area is 210 Å². The van der Waals surface area contributed by atoms with Gasteiger partial charge in [0.1, 0.15) is 23.1 Å². The zero-order chi connectivity index (χ0) is 25.6. The number of aryl methyl sites for hydroxylation is 1. The number of nitrogens with zero attached hydrogens (tertiary/aromatic N) is 2. The Morgan fingerprint density at radius 3 is 2.61 bits per heavy atom. The maximum atomic E-state index is 14.1. The van der Waals surface area contributed by atoms with Gasteiger partial charge in [0.05, 0.1) is 41.6 Å². The molecular weight excluding hydrogens is 483 g/mol. The number of hydrogen-bond donors (Lipinski definition) is 1. The number of aliphatic hydroxyl groups excluding tert-OH is 1. The van der Waals surface area contributed by atoms with Crippen LogP contribution < -0.4 is 14.4 Å². The molecule has 1 aliphatic heterocycles. The van der Waals surface area contributed by atoms with Crippen molar-refractivity contribution in [3.63, 3.8) is 0 Å². The molecule has 9 heteroatoms. The molecule has 182 valence electrons. The van der Waals surface area contributed by atoms with Gasteiger partial charge < -0.3 is 14.6 Å². The number of anilines is 1. The van der Waals surface area contributed by atoms with Gasteiger partial charge in [-0.1, -0.05) is 29.5 Å². The smallest absolute Gasteiger partial charge is 0.301 e. The highest BCUT2D eigenvalue weighted by Gasteiger charge is 2.48. The Hall–Kier alpha value is -4.24. The van der Waals surface area contributed by atoms with E-state index in [1.807, 2.05) is 25.1 Å². The third kappa shape index (κ3) is 3.87. The van der Waals surface area contributed by atoms with E-state index in [2.05, 4.69) is 4.98 Å². The molecular formula is C27H21FN2O5S. The zero-order valence-corrected chi connectivity index (χ0v) is 20.4. The van der Waals surface area contributed by atoms with Gasteiger partial charge in [0.15, 0.2) is 5.13 Å². The van der Waals surface area contributed by atoms with Crippen molar-refractivity contribution < 1.29 is 28.6 Å². The van der Waals surface area contributed by atoms with E-state index in [1.54, 1.807) is 24.3 Å². The topological polar surface area (TPSA) is 89.0 Å². The summed E-state index contributed by atoms with van der Waals surface area (Å²) in [5, 5.41) is 11.6. The number of benzene rings is 3. The molecule has 0 radical (unpaired) electrons. The van der Waals surface area contributed by atoms with Gasteiger partial charge in [0.25, 0.3) is 5.78 Å². The minimum atomic E-state index is -1.03. The van der Waals surface area contributed by atoms with Gasteiger partial charge in [-0.25, -0.2) is 9.37 Å². The molecule has 1 fully saturated rings. The first-order valence-corrected chi connectivity index (χ1v) is 11.8. The molecule has 1 unspecified atom stereocenters. The SMILES string of the molecule is COc1cccc(C2/C(=C(\O)c3cc(F)ccc3OC)C(=O)C(=O)N2c2nc3ccc(C)cc3s2)c1. The lowest BCUT2D eigenvalue weighted by Gasteiger charge is -2.23. The number of ether oxygens (including phenoxy) is 2. The molecule has 1 atom stereocenters. The Morgan fingerprint density at radius 2 is 1.86 bits per heavy atom. The fourth-order valence-corrected chi connectivity index (χ4v) is 5.38.